The Bertz CT molecular complexity index is 565. The summed E-state index contributed by atoms with van der Waals surface area (Å²) in [5.41, 5.74) is 2.39. The monoisotopic (exact) mass is 305 g/mol. The maximum absolute atomic E-state index is 4.56. The van der Waals surface area contributed by atoms with Crippen molar-refractivity contribution >= 4 is 23.3 Å². The van der Waals surface area contributed by atoms with Crippen LogP contribution in [0.2, 0.25) is 0 Å². The standard InChI is InChI=1S/C17H23N3.ClH/c1-20(16-6-4-9-18-10-8-16)13-14-11-15-5-2-3-7-17(15)19-12-14;/h2-3,5,7,11-12,16,18H,4,6,8-10,13H2,1H3;1H. The summed E-state index contributed by atoms with van der Waals surface area (Å²) in [6, 6.07) is 11.3. The molecule has 1 unspecified atom stereocenters. The lowest BCUT2D eigenvalue weighted by atomic mass is 10.1. The number of hydrogen-bond donors (Lipinski definition) is 1. The number of para-hydroxylation sites is 1. The molecule has 1 aliphatic heterocycles. The first-order chi connectivity index (χ1) is 9.83. The van der Waals surface area contributed by atoms with Crippen molar-refractivity contribution in [2.75, 3.05) is 20.1 Å². The summed E-state index contributed by atoms with van der Waals surface area (Å²) >= 11 is 0. The number of nitrogens with zero attached hydrogens (tertiary/aromatic N) is 2. The minimum atomic E-state index is 0. The molecule has 1 fully saturated rings. The second-order valence-electron chi connectivity index (χ2n) is 5.79. The number of pyridine rings is 1. The van der Waals surface area contributed by atoms with Crippen LogP contribution in [0.25, 0.3) is 10.9 Å². The average Bonchev–Trinajstić information content (AvgIpc) is 2.76. The van der Waals surface area contributed by atoms with E-state index in [0.717, 1.165) is 18.6 Å². The summed E-state index contributed by atoms with van der Waals surface area (Å²) in [5, 5.41) is 4.72. The molecule has 3 nitrogen and oxygen atoms in total. The van der Waals surface area contributed by atoms with Crippen LogP contribution in [0, 0.1) is 0 Å². The third-order valence-electron chi connectivity index (χ3n) is 4.25. The molecule has 1 N–H and O–H groups in total. The highest BCUT2D eigenvalue weighted by Crippen LogP contribution is 2.17. The quantitative estimate of drug-likeness (QED) is 0.943. The Morgan fingerprint density at radius 3 is 3.00 bits per heavy atom. The second kappa shape index (κ2) is 7.74. The zero-order valence-corrected chi connectivity index (χ0v) is 13.4. The average molecular weight is 306 g/mol. The summed E-state index contributed by atoms with van der Waals surface area (Å²) in [6.07, 6.45) is 5.85. The summed E-state index contributed by atoms with van der Waals surface area (Å²) < 4.78 is 0. The molecule has 0 aliphatic carbocycles. The molecule has 1 aromatic heterocycles. The van der Waals surface area contributed by atoms with Gasteiger partial charge < -0.3 is 5.32 Å². The summed E-state index contributed by atoms with van der Waals surface area (Å²) in [5.74, 6) is 0. The minimum absolute atomic E-state index is 0. The van der Waals surface area contributed by atoms with E-state index in [1.54, 1.807) is 0 Å². The fraction of sp³-hybridized carbons (Fsp3) is 0.471. The van der Waals surface area contributed by atoms with Gasteiger partial charge in [0.15, 0.2) is 0 Å². The van der Waals surface area contributed by atoms with Crippen LogP contribution in [-0.2, 0) is 6.54 Å². The third-order valence-corrected chi connectivity index (χ3v) is 4.25. The fourth-order valence-electron chi connectivity index (χ4n) is 3.06. The Labute approximate surface area is 133 Å². The molecule has 0 radical (unpaired) electrons. The molecule has 4 heteroatoms. The molecule has 3 rings (SSSR count). The van der Waals surface area contributed by atoms with Crippen molar-refractivity contribution in [2.24, 2.45) is 0 Å². The predicted octanol–water partition coefficient (Wildman–Crippen LogP) is 3.23. The Morgan fingerprint density at radius 2 is 2.10 bits per heavy atom. The zero-order chi connectivity index (χ0) is 13.8. The molecule has 0 spiro atoms. The maximum Gasteiger partial charge on any atom is 0.0702 e. The van der Waals surface area contributed by atoms with E-state index in [9.17, 15) is 0 Å². The summed E-state index contributed by atoms with van der Waals surface area (Å²) in [4.78, 5) is 7.04. The van der Waals surface area contributed by atoms with Crippen LogP contribution < -0.4 is 5.32 Å². The van der Waals surface area contributed by atoms with Crippen LogP contribution in [0.1, 0.15) is 24.8 Å². The van der Waals surface area contributed by atoms with Gasteiger partial charge in [0.05, 0.1) is 5.52 Å². The van der Waals surface area contributed by atoms with Gasteiger partial charge in [-0.1, -0.05) is 18.2 Å². The van der Waals surface area contributed by atoms with Crippen molar-refractivity contribution in [3.8, 4) is 0 Å². The van der Waals surface area contributed by atoms with Gasteiger partial charge in [-0.3, -0.25) is 9.88 Å². The van der Waals surface area contributed by atoms with Gasteiger partial charge in [-0.15, -0.1) is 12.4 Å². The van der Waals surface area contributed by atoms with Gasteiger partial charge in [-0.05, 0) is 57.1 Å². The van der Waals surface area contributed by atoms with Gasteiger partial charge in [0.1, 0.15) is 0 Å². The summed E-state index contributed by atoms with van der Waals surface area (Å²) in [6.45, 7) is 3.30. The van der Waals surface area contributed by atoms with Crippen molar-refractivity contribution in [3.05, 3.63) is 42.1 Å². The first-order valence-electron chi connectivity index (χ1n) is 7.57. The predicted molar refractivity (Wildman–Crippen MR) is 91.0 cm³/mol. The van der Waals surface area contributed by atoms with Crippen molar-refractivity contribution in [1.82, 2.24) is 15.2 Å². The second-order valence-corrected chi connectivity index (χ2v) is 5.79. The van der Waals surface area contributed by atoms with Crippen LogP contribution in [0.3, 0.4) is 0 Å². The van der Waals surface area contributed by atoms with E-state index < -0.39 is 0 Å². The number of fused-ring (bicyclic) bond motifs is 1. The largest absolute Gasteiger partial charge is 0.317 e. The van der Waals surface area contributed by atoms with Gasteiger partial charge in [-0.25, -0.2) is 0 Å². The van der Waals surface area contributed by atoms with Crippen LogP contribution in [-0.4, -0.2) is 36.1 Å². The summed E-state index contributed by atoms with van der Waals surface area (Å²) in [7, 11) is 2.24. The van der Waals surface area contributed by atoms with E-state index in [4.69, 9.17) is 0 Å². The molecule has 1 aromatic carbocycles. The third kappa shape index (κ3) is 4.16. The molecule has 21 heavy (non-hydrogen) atoms. The molecule has 0 amide bonds. The van der Waals surface area contributed by atoms with Gasteiger partial charge in [0.25, 0.3) is 0 Å². The SMILES string of the molecule is CN(Cc1cnc2ccccc2c1)C1CCCNCC1.Cl. The highest BCUT2D eigenvalue weighted by atomic mass is 35.5. The smallest absolute Gasteiger partial charge is 0.0702 e. The van der Waals surface area contributed by atoms with E-state index in [-0.39, 0.29) is 12.4 Å². The molecule has 2 heterocycles. The molecule has 1 atom stereocenters. The van der Waals surface area contributed by atoms with E-state index in [1.165, 1.54) is 36.8 Å². The Balaban J connectivity index is 0.00000161. The Kier molecular flexibility index (Phi) is 5.97. The lowest BCUT2D eigenvalue weighted by Crippen LogP contribution is -2.32. The molecule has 114 valence electrons. The first kappa shape index (κ1) is 16.2. The van der Waals surface area contributed by atoms with Crippen molar-refractivity contribution < 1.29 is 0 Å². The maximum atomic E-state index is 4.56. The Morgan fingerprint density at radius 1 is 1.24 bits per heavy atom. The van der Waals surface area contributed by atoms with Gasteiger partial charge in [-0.2, -0.15) is 0 Å². The topological polar surface area (TPSA) is 28.2 Å². The lowest BCUT2D eigenvalue weighted by Gasteiger charge is -2.26. The van der Waals surface area contributed by atoms with Crippen molar-refractivity contribution in [3.63, 3.8) is 0 Å². The highest BCUT2D eigenvalue weighted by Gasteiger charge is 2.16. The minimum Gasteiger partial charge on any atom is -0.317 e. The lowest BCUT2D eigenvalue weighted by molar-refractivity contribution is 0.216. The van der Waals surface area contributed by atoms with Gasteiger partial charge in [0.2, 0.25) is 0 Å². The van der Waals surface area contributed by atoms with E-state index in [1.807, 2.05) is 12.3 Å². The number of benzene rings is 1. The number of hydrogen-bond acceptors (Lipinski definition) is 3. The van der Waals surface area contributed by atoms with Gasteiger partial charge in [0, 0.05) is 24.2 Å². The molecular weight excluding hydrogens is 282 g/mol. The zero-order valence-electron chi connectivity index (χ0n) is 12.6. The number of nitrogens with one attached hydrogen (secondary N) is 1. The van der Waals surface area contributed by atoms with Crippen molar-refractivity contribution in [1.29, 1.82) is 0 Å². The highest BCUT2D eigenvalue weighted by molar-refractivity contribution is 5.85. The number of halogens is 1. The van der Waals surface area contributed by atoms with Crippen LogP contribution >= 0.6 is 12.4 Å². The normalized spacial score (nSPS) is 19.2. The molecule has 0 saturated carbocycles. The van der Waals surface area contributed by atoms with Crippen molar-refractivity contribution in [2.45, 2.75) is 31.8 Å². The van der Waals surface area contributed by atoms with E-state index in [2.05, 4.69) is 46.5 Å². The molecule has 1 saturated heterocycles. The van der Waals surface area contributed by atoms with Crippen LogP contribution in [0.5, 0.6) is 0 Å². The fourth-order valence-corrected chi connectivity index (χ4v) is 3.06. The van der Waals surface area contributed by atoms with Gasteiger partial charge >= 0.3 is 0 Å². The Hall–Kier alpha value is -1.16. The molecular formula is C17H24ClN3. The van der Waals surface area contributed by atoms with Crippen LogP contribution in [0.15, 0.2) is 36.5 Å². The van der Waals surface area contributed by atoms with E-state index in [0.29, 0.717) is 6.04 Å². The molecule has 2 aromatic rings. The van der Waals surface area contributed by atoms with Crippen LogP contribution in [0.4, 0.5) is 0 Å². The number of aromatic nitrogens is 1. The molecule has 0 bridgehead atoms. The first-order valence-corrected chi connectivity index (χ1v) is 7.57. The number of rotatable bonds is 3. The molecule has 1 aliphatic rings. The van der Waals surface area contributed by atoms with E-state index >= 15 is 0 Å².